The minimum absolute atomic E-state index is 0.00689. The van der Waals surface area contributed by atoms with Crippen LogP contribution in [-0.2, 0) is 4.79 Å². The van der Waals surface area contributed by atoms with Gasteiger partial charge >= 0.3 is 6.18 Å². The molecule has 1 rings (SSSR count). The van der Waals surface area contributed by atoms with E-state index in [-0.39, 0.29) is 30.5 Å². The summed E-state index contributed by atoms with van der Waals surface area (Å²) in [6.45, 7) is 3.91. The summed E-state index contributed by atoms with van der Waals surface area (Å²) >= 11 is 0. The maximum Gasteiger partial charge on any atom is 0.391 e. The number of Topliss-reactive ketones (excluding diaryl/α,β-unsaturated/α-hetero) is 1. The molecule has 0 aromatic carbocycles. The third-order valence-electron chi connectivity index (χ3n) is 3.80. The zero-order valence-corrected chi connectivity index (χ0v) is 10.5. The lowest BCUT2D eigenvalue weighted by Crippen LogP contribution is -2.32. The molecule has 0 aliphatic heterocycles. The third-order valence-corrected chi connectivity index (χ3v) is 3.80. The number of alkyl halides is 3. The van der Waals surface area contributed by atoms with Gasteiger partial charge in [0.25, 0.3) is 0 Å². The maximum atomic E-state index is 12.5. The lowest BCUT2D eigenvalue weighted by molar-refractivity contribution is -0.184. The van der Waals surface area contributed by atoms with Crippen molar-refractivity contribution in [1.82, 2.24) is 0 Å². The van der Waals surface area contributed by atoms with Crippen molar-refractivity contribution in [1.29, 1.82) is 0 Å². The molecule has 0 aromatic rings. The molecule has 0 aromatic heterocycles. The first kappa shape index (κ1) is 14.5. The molecule has 0 heterocycles. The molecule has 0 radical (unpaired) electrons. The molecule has 0 spiro atoms. The third kappa shape index (κ3) is 4.00. The molecule has 4 heteroatoms. The standard InChI is InChI=1S/C13H21F3O/c1-3-4-9(2)12(17)10-5-7-11(8-6-10)13(14,15)16/h9-11H,3-8H2,1-2H3. The predicted molar refractivity (Wildman–Crippen MR) is 60.6 cm³/mol. The van der Waals surface area contributed by atoms with Crippen LogP contribution in [0.15, 0.2) is 0 Å². The van der Waals surface area contributed by atoms with E-state index in [0.717, 1.165) is 12.8 Å². The van der Waals surface area contributed by atoms with Gasteiger partial charge in [0.1, 0.15) is 5.78 Å². The molecule has 0 N–H and O–H groups in total. The van der Waals surface area contributed by atoms with Crippen LogP contribution in [0.2, 0.25) is 0 Å². The van der Waals surface area contributed by atoms with Crippen LogP contribution in [0.4, 0.5) is 13.2 Å². The SMILES string of the molecule is CCCC(C)C(=O)C1CCC(C(F)(F)F)CC1. The molecule has 100 valence electrons. The minimum atomic E-state index is -4.08. The monoisotopic (exact) mass is 250 g/mol. The molecule has 1 fully saturated rings. The Bertz CT molecular complexity index is 252. The van der Waals surface area contributed by atoms with Crippen molar-refractivity contribution in [2.75, 3.05) is 0 Å². The van der Waals surface area contributed by atoms with Crippen molar-refractivity contribution in [3.8, 4) is 0 Å². The number of hydrogen-bond donors (Lipinski definition) is 0. The normalized spacial score (nSPS) is 27.8. The smallest absolute Gasteiger partial charge is 0.299 e. The molecule has 1 aliphatic rings. The summed E-state index contributed by atoms with van der Waals surface area (Å²) in [6.07, 6.45) is -1.21. The fourth-order valence-electron chi connectivity index (χ4n) is 2.68. The first-order valence-corrected chi connectivity index (χ1v) is 6.46. The fourth-order valence-corrected chi connectivity index (χ4v) is 2.68. The lowest BCUT2D eigenvalue weighted by Gasteiger charge is -2.30. The van der Waals surface area contributed by atoms with E-state index < -0.39 is 12.1 Å². The first-order valence-electron chi connectivity index (χ1n) is 6.46. The average Bonchev–Trinajstić information content (AvgIpc) is 2.27. The fraction of sp³-hybridized carbons (Fsp3) is 0.923. The Hall–Kier alpha value is -0.540. The summed E-state index contributed by atoms with van der Waals surface area (Å²) in [5.74, 6) is -1.14. The van der Waals surface area contributed by atoms with Crippen LogP contribution in [0.3, 0.4) is 0 Å². The summed E-state index contributed by atoms with van der Waals surface area (Å²) in [4.78, 5) is 12.0. The number of ketones is 1. The lowest BCUT2D eigenvalue weighted by atomic mass is 9.76. The Morgan fingerprint density at radius 2 is 1.76 bits per heavy atom. The highest BCUT2D eigenvalue weighted by Gasteiger charge is 2.42. The van der Waals surface area contributed by atoms with Gasteiger partial charge in [0.15, 0.2) is 0 Å². The van der Waals surface area contributed by atoms with Crippen molar-refractivity contribution in [2.45, 2.75) is 58.5 Å². The minimum Gasteiger partial charge on any atom is -0.299 e. The summed E-state index contributed by atoms with van der Waals surface area (Å²) < 4.78 is 37.4. The van der Waals surface area contributed by atoms with Crippen molar-refractivity contribution < 1.29 is 18.0 Å². The van der Waals surface area contributed by atoms with E-state index in [0.29, 0.717) is 12.8 Å². The number of rotatable bonds is 4. The zero-order valence-electron chi connectivity index (χ0n) is 10.5. The van der Waals surface area contributed by atoms with Crippen LogP contribution in [0.25, 0.3) is 0 Å². The molecular formula is C13H21F3O. The van der Waals surface area contributed by atoms with Crippen LogP contribution in [0.1, 0.15) is 52.4 Å². The van der Waals surface area contributed by atoms with Crippen molar-refractivity contribution in [3.63, 3.8) is 0 Å². The van der Waals surface area contributed by atoms with E-state index in [4.69, 9.17) is 0 Å². The maximum absolute atomic E-state index is 12.5. The summed E-state index contributed by atoms with van der Waals surface area (Å²) in [7, 11) is 0. The van der Waals surface area contributed by atoms with E-state index in [1.54, 1.807) is 0 Å². The second-order valence-electron chi connectivity index (χ2n) is 5.18. The van der Waals surface area contributed by atoms with E-state index in [1.165, 1.54) is 0 Å². The van der Waals surface area contributed by atoms with Crippen molar-refractivity contribution >= 4 is 5.78 Å². The van der Waals surface area contributed by atoms with Gasteiger partial charge in [-0.05, 0) is 32.1 Å². The molecule has 1 nitrogen and oxygen atoms in total. The highest BCUT2D eigenvalue weighted by atomic mass is 19.4. The van der Waals surface area contributed by atoms with Gasteiger partial charge in [0.2, 0.25) is 0 Å². The summed E-state index contributed by atoms with van der Waals surface area (Å²) in [6, 6.07) is 0. The van der Waals surface area contributed by atoms with Crippen molar-refractivity contribution in [2.24, 2.45) is 17.8 Å². The number of halogens is 3. The number of carbonyl (C=O) groups excluding carboxylic acids is 1. The van der Waals surface area contributed by atoms with Crippen LogP contribution < -0.4 is 0 Å². The molecule has 1 unspecified atom stereocenters. The topological polar surface area (TPSA) is 17.1 Å². The molecule has 1 aliphatic carbocycles. The Morgan fingerprint density at radius 3 is 2.18 bits per heavy atom. The van der Waals surface area contributed by atoms with E-state index in [2.05, 4.69) is 0 Å². The van der Waals surface area contributed by atoms with E-state index in [1.807, 2.05) is 13.8 Å². The van der Waals surface area contributed by atoms with Crippen LogP contribution in [0, 0.1) is 17.8 Å². The van der Waals surface area contributed by atoms with Crippen LogP contribution in [0.5, 0.6) is 0 Å². The van der Waals surface area contributed by atoms with Gasteiger partial charge in [-0.2, -0.15) is 13.2 Å². The van der Waals surface area contributed by atoms with Crippen LogP contribution >= 0.6 is 0 Å². The second kappa shape index (κ2) is 5.87. The molecule has 0 amide bonds. The Balaban J connectivity index is 2.44. The molecule has 0 saturated heterocycles. The highest BCUT2D eigenvalue weighted by molar-refractivity contribution is 5.83. The average molecular weight is 250 g/mol. The summed E-state index contributed by atoms with van der Waals surface area (Å²) in [5.41, 5.74) is 0. The van der Waals surface area contributed by atoms with Gasteiger partial charge in [-0.15, -0.1) is 0 Å². The van der Waals surface area contributed by atoms with Gasteiger partial charge in [-0.3, -0.25) is 4.79 Å². The zero-order chi connectivity index (χ0) is 13.1. The van der Waals surface area contributed by atoms with E-state index in [9.17, 15) is 18.0 Å². The largest absolute Gasteiger partial charge is 0.391 e. The molecular weight excluding hydrogens is 229 g/mol. The molecule has 0 bridgehead atoms. The van der Waals surface area contributed by atoms with Gasteiger partial charge in [0, 0.05) is 11.8 Å². The Morgan fingerprint density at radius 1 is 1.24 bits per heavy atom. The molecule has 17 heavy (non-hydrogen) atoms. The molecule has 1 atom stereocenters. The van der Waals surface area contributed by atoms with Crippen LogP contribution in [-0.4, -0.2) is 12.0 Å². The summed E-state index contributed by atoms with van der Waals surface area (Å²) in [5, 5.41) is 0. The second-order valence-corrected chi connectivity index (χ2v) is 5.18. The van der Waals surface area contributed by atoms with Crippen molar-refractivity contribution in [3.05, 3.63) is 0 Å². The Labute approximate surface area is 101 Å². The quantitative estimate of drug-likeness (QED) is 0.724. The Kier molecular flexibility index (Phi) is 5.02. The van der Waals surface area contributed by atoms with Gasteiger partial charge in [-0.1, -0.05) is 20.3 Å². The predicted octanol–water partition coefficient (Wildman–Crippen LogP) is 4.36. The van der Waals surface area contributed by atoms with Gasteiger partial charge < -0.3 is 0 Å². The van der Waals surface area contributed by atoms with Gasteiger partial charge in [0.05, 0.1) is 5.92 Å². The highest BCUT2D eigenvalue weighted by Crippen LogP contribution is 2.40. The number of hydrogen-bond acceptors (Lipinski definition) is 1. The first-order chi connectivity index (χ1) is 7.86. The van der Waals surface area contributed by atoms with Gasteiger partial charge in [-0.25, -0.2) is 0 Å². The van der Waals surface area contributed by atoms with E-state index >= 15 is 0 Å². The number of carbonyl (C=O) groups is 1. The molecule has 1 saturated carbocycles.